The number of nitrogens with one attached hydrogen (secondary N) is 1. The van der Waals surface area contributed by atoms with E-state index in [1.165, 1.54) is 49.9 Å². The normalized spacial score (nSPS) is 17.9. The smallest absolute Gasteiger partial charge is 0.139 e. The molecule has 0 aromatic heterocycles. The second kappa shape index (κ2) is 8.74. The number of benzene rings is 1. The van der Waals surface area contributed by atoms with Gasteiger partial charge in [-0.25, -0.2) is 8.78 Å². The molecule has 21 heavy (non-hydrogen) atoms. The Morgan fingerprint density at radius 2 is 2.00 bits per heavy atom. The van der Waals surface area contributed by atoms with Crippen LogP contribution < -0.4 is 5.32 Å². The first-order chi connectivity index (χ1) is 10.2. The molecule has 1 saturated carbocycles. The van der Waals surface area contributed by atoms with Gasteiger partial charge < -0.3 is 5.32 Å². The molecule has 1 aromatic rings. The highest BCUT2D eigenvalue weighted by Crippen LogP contribution is 2.30. The van der Waals surface area contributed by atoms with Crippen LogP contribution in [0.3, 0.4) is 0 Å². The van der Waals surface area contributed by atoms with E-state index in [1.54, 1.807) is 6.07 Å². The van der Waals surface area contributed by atoms with Gasteiger partial charge in [-0.05, 0) is 43.9 Å². The molecule has 0 spiro atoms. The topological polar surface area (TPSA) is 12.0 Å². The molecule has 0 radical (unpaired) electrons. The van der Waals surface area contributed by atoms with Crippen LogP contribution in [0.4, 0.5) is 8.78 Å². The Morgan fingerprint density at radius 1 is 1.24 bits per heavy atom. The summed E-state index contributed by atoms with van der Waals surface area (Å²) in [6.07, 6.45) is 7.62. The van der Waals surface area contributed by atoms with E-state index in [2.05, 4.69) is 12.2 Å². The van der Waals surface area contributed by atoms with E-state index in [9.17, 15) is 8.78 Å². The quantitative estimate of drug-likeness (QED) is 0.711. The molecule has 0 saturated heterocycles. The van der Waals surface area contributed by atoms with Crippen molar-refractivity contribution in [2.75, 3.05) is 12.3 Å². The molecule has 2 rings (SSSR count). The van der Waals surface area contributed by atoms with Crippen LogP contribution in [-0.4, -0.2) is 18.3 Å². The molecule has 1 atom stereocenters. The SMILES string of the molecule is CCCNC(CSc1ccc(F)cc1F)C1CCCCC1. The van der Waals surface area contributed by atoms with E-state index in [-0.39, 0.29) is 0 Å². The lowest BCUT2D eigenvalue weighted by Crippen LogP contribution is -2.39. The van der Waals surface area contributed by atoms with Gasteiger partial charge in [-0.15, -0.1) is 11.8 Å². The van der Waals surface area contributed by atoms with Crippen molar-refractivity contribution in [3.63, 3.8) is 0 Å². The van der Waals surface area contributed by atoms with Crippen molar-refractivity contribution in [2.24, 2.45) is 5.92 Å². The fourth-order valence-corrected chi connectivity index (χ4v) is 4.11. The predicted molar refractivity (Wildman–Crippen MR) is 85.7 cm³/mol. The van der Waals surface area contributed by atoms with Crippen molar-refractivity contribution in [2.45, 2.75) is 56.4 Å². The third-order valence-electron chi connectivity index (χ3n) is 4.19. The summed E-state index contributed by atoms with van der Waals surface area (Å²) < 4.78 is 26.7. The van der Waals surface area contributed by atoms with Crippen LogP contribution in [-0.2, 0) is 0 Å². The minimum Gasteiger partial charge on any atom is -0.313 e. The third kappa shape index (κ3) is 5.26. The maximum atomic E-state index is 13.7. The molecule has 1 aromatic carbocycles. The van der Waals surface area contributed by atoms with Crippen molar-refractivity contribution in [3.05, 3.63) is 29.8 Å². The number of rotatable bonds is 7. The minimum atomic E-state index is -0.509. The minimum absolute atomic E-state index is 0.430. The predicted octanol–water partition coefficient (Wildman–Crippen LogP) is 5.01. The van der Waals surface area contributed by atoms with Crippen molar-refractivity contribution in [1.29, 1.82) is 0 Å². The molecule has 118 valence electrons. The zero-order valence-corrected chi connectivity index (χ0v) is 13.5. The van der Waals surface area contributed by atoms with Crippen molar-refractivity contribution in [1.82, 2.24) is 5.32 Å². The van der Waals surface area contributed by atoms with E-state index >= 15 is 0 Å². The van der Waals surface area contributed by atoms with E-state index in [0.717, 1.165) is 24.8 Å². The Bertz CT molecular complexity index is 433. The molecule has 0 heterocycles. The molecule has 1 nitrogen and oxygen atoms in total. The van der Waals surface area contributed by atoms with Crippen LogP contribution in [0.2, 0.25) is 0 Å². The number of thioether (sulfide) groups is 1. The lowest BCUT2D eigenvalue weighted by atomic mass is 9.84. The molecule has 1 fully saturated rings. The third-order valence-corrected chi connectivity index (χ3v) is 5.36. The maximum Gasteiger partial charge on any atom is 0.139 e. The number of halogens is 2. The van der Waals surface area contributed by atoms with Crippen LogP contribution >= 0.6 is 11.8 Å². The molecular formula is C17H25F2NS. The van der Waals surface area contributed by atoms with Gasteiger partial charge in [0.25, 0.3) is 0 Å². The molecule has 0 aliphatic heterocycles. The van der Waals surface area contributed by atoms with Gasteiger partial charge in [-0.1, -0.05) is 26.2 Å². The van der Waals surface area contributed by atoms with Crippen molar-refractivity contribution in [3.8, 4) is 0 Å². The summed E-state index contributed by atoms with van der Waals surface area (Å²) in [5, 5.41) is 3.62. The molecule has 1 aliphatic carbocycles. The Morgan fingerprint density at radius 3 is 2.67 bits per heavy atom. The molecule has 1 N–H and O–H groups in total. The molecule has 0 bridgehead atoms. The largest absolute Gasteiger partial charge is 0.313 e. The fourth-order valence-electron chi connectivity index (χ4n) is 3.00. The Balaban J connectivity index is 1.93. The van der Waals surface area contributed by atoms with Crippen LogP contribution in [0.1, 0.15) is 45.4 Å². The van der Waals surface area contributed by atoms with Gasteiger partial charge in [0.2, 0.25) is 0 Å². The van der Waals surface area contributed by atoms with E-state index < -0.39 is 11.6 Å². The Labute approximate surface area is 130 Å². The van der Waals surface area contributed by atoms with Crippen LogP contribution in [0, 0.1) is 17.6 Å². The fraction of sp³-hybridized carbons (Fsp3) is 0.647. The van der Waals surface area contributed by atoms with Crippen molar-refractivity contribution < 1.29 is 8.78 Å². The van der Waals surface area contributed by atoms with Gasteiger partial charge in [0.15, 0.2) is 0 Å². The van der Waals surface area contributed by atoms with Crippen LogP contribution in [0.15, 0.2) is 23.1 Å². The van der Waals surface area contributed by atoms with Crippen molar-refractivity contribution >= 4 is 11.8 Å². The maximum absolute atomic E-state index is 13.7. The Hall–Kier alpha value is -0.610. The Kier molecular flexibility index (Phi) is 6.97. The summed E-state index contributed by atoms with van der Waals surface area (Å²) in [5.74, 6) is 0.594. The second-order valence-corrected chi connectivity index (χ2v) is 6.91. The van der Waals surface area contributed by atoms with E-state index in [0.29, 0.717) is 16.9 Å². The summed E-state index contributed by atoms with van der Waals surface area (Å²) in [7, 11) is 0. The summed E-state index contributed by atoms with van der Waals surface area (Å²) in [6.45, 7) is 3.17. The molecule has 0 amide bonds. The first-order valence-electron chi connectivity index (χ1n) is 8.02. The highest BCUT2D eigenvalue weighted by molar-refractivity contribution is 7.99. The molecule has 4 heteroatoms. The second-order valence-electron chi connectivity index (χ2n) is 5.84. The first kappa shape index (κ1) is 16.8. The first-order valence-corrected chi connectivity index (χ1v) is 9.00. The van der Waals surface area contributed by atoms with Gasteiger partial charge >= 0.3 is 0 Å². The molecular weight excluding hydrogens is 288 g/mol. The lowest BCUT2D eigenvalue weighted by Gasteiger charge is -2.31. The lowest BCUT2D eigenvalue weighted by molar-refractivity contribution is 0.285. The van der Waals surface area contributed by atoms with Gasteiger partial charge in [0.05, 0.1) is 0 Å². The highest BCUT2D eigenvalue weighted by atomic mass is 32.2. The molecule has 1 aliphatic rings. The molecule has 1 unspecified atom stereocenters. The highest BCUT2D eigenvalue weighted by Gasteiger charge is 2.23. The van der Waals surface area contributed by atoms with Gasteiger partial charge in [-0.2, -0.15) is 0 Å². The summed E-state index contributed by atoms with van der Waals surface area (Å²) in [6, 6.07) is 4.28. The van der Waals surface area contributed by atoms with Gasteiger partial charge in [-0.3, -0.25) is 0 Å². The summed E-state index contributed by atoms with van der Waals surface area (Å²) >= 11 is 1.50. The summed E-state index contributed by atoms with van der Waals surface area (Å²) in [4.78, 5) is 0.551. The van der Waals surface area contributed by atoms with Gasteiger partial charge in [0, 0.05) is 22.8 Å². The zero-order valence-electron chi connectivity index (χ0n) is 12.7. The van der Waals surface area contributed by atoms with E-state index in [4.69, 9.17) is 0 Å². The van der Waals surface area contributed by atoms with E-state index in [1.807, 2.05) is 0 Å². The van der Waals surface area contributed by atoms with Gasteiger partial charge in [0.1, 0.15) is 11.6 Å². The van der Waals surface area contributed by atoms with Crippen LogP contribution in [0.5, 0.6) is 0 Å². The standard InChI is InChI=1S/C17H25F2NS/c1-2-10-20-16(13-6-4-3-5-7-13)12-21-17-9-8-14(18)11-15(17)19/h8-9,11,13,16,20H,2-7,10,12H2,1H3. The monoisotopic (exact) mass is 313 g/mol. The van der Waals surface area contributed by atoms with Crippen LogP contribution in [0.25, 0.3) is 0 Å². The summed E-state index contributed by atoms with van der Waals surface area (Å²) in [5.41, 5.74) is 0. The average molecular weight is 313 g/mol. The number of hydrogen-bond donors (Lipinski definition) is 1. The zero-order chi connectivity index (χ0) is 15.1. The number of hydrogen-bond acceptors (Lipinski definition) is 2. The average Bonchev–Trinajstić information content (AvgIpc) is 2.50.